The van der Waals surface area contributed by atoms with Crippen LogP contribution < -0.4 is 5.32 Å². The highest BCUT2D eigenvalue weighted by Gasteiger charge is 2.32. The molecule has 1 aliphatic heterocycles. The van der Waals surface area contributed by atoms with Gasteiger partial charge in [0, 0.05) is 26.4 Å². The van der Waals surface area contributed by atoms with Gasteiger partial charge in [-0.05, 0) is 17.7 Å². The predicted molar refractivity (Wildman–Crippen MR) is 80.0 cm³/mol. The van der Waals surface area contributed by atoms with Gasteiger partial charge < -0.3 is 4.90 Å². The monoisotopic (exact) mass is 317 g/mol. The lowest BCUT2D eigenvalue weighted by Crippen LogP contribution is -2.26. The van der Waals surface area contributed by atoms with E-state index in [4.69, 9.17) is 0 Å². The average Bonchev–Trinajstić information content (AvgIpc) is 3.09. The molecule has 8 heteroatoms. The van der Waals surface area contributed by atoms with Crippen LogP contribution in [0.1, 0.15) is 17.8 Å². The molecule has 2 N–H and O–H groups in total. The van der Waals surface area contributed by atoms with E-state index < -0.39 is 0 Å². The quantitative estimate of drug-likeness (QED) is 0.878. The standard InChI is InChI=1S/C15H16FN5O2/c1-21-8-10(7-13(21)22)14(23)18-15-17-12(19-20-15)6-9-2-4-11(16)5-3-9/h2-5,10H,6-8H2,1H3,(H2,17,18,19,20,23)/t10-/m0/s1. The Morgan fingerprint density at radius 3 is 2.83 bits per heavy atom. The normalized spacial score (nSPS) is 17.6. The van der Waals surface area contributed by atoms with Gasteiger partial charge in [0.2, 0.25) is 17.8 Å². The highest BCUT2D eigenvalue weighted by atomic mass is 19.1. The van der Waals surface area contributed by atoms with Gasteiger partial charge in [0.25, 0.3) is 0 Å². The minimum Gasteiger partial charge on any atom is -0.345 e. The molecule has 0 radical (unpaired) electrons. The third-order valence-corrected chi connectivity index (χ3v) is 3.76. The van der Waals surface area contributed by atoms with Crippen LogP contribution in [0.2, 0.25) is 0 Å². The molecule has 1 fully saturated rings. The van der Waals surface area contributed by atoms with E-state index in [1.54, 1.807) is 19.2 Å². The fourth-order valence-corrected chi connectivity index (χ4v) is 2.48. The third kappa shape index (κ3) is 3.53. The second-order valence-electron chi connectivity index (χ2n) is 5.57. The van der Waals surface area contributed by atoms with Gasteiger partial charge in [-0.1, -0.05) is 12.1 Å². The second-order valence-corrected chi connectivity index (χ2v) is 5.57. The van der Waals surface area contributed by atoms with E-state index in [2.05, 4.69) is 20.5 Å². The SMILES string of the molecule is CN1C[C@@H](C(=O)Nc2n[nH]c(Cc3ccc(F)cc3)n2)CC1=O. The minimum atomic E-state index is -0.383. The smallest absolute Gasteiger partial charge is 0.248 e. The van der Waals surface area contributed by atoms with Gasteiger partial charge in [0.15, 0.2) is 0 Å². The topological polar surface area (TPSA) is 91.0 Å². The van der Waals surface area contributed by atoms with Crippen molar-refractivity contribution in [1.82, 2.24) is 20.1 Å². The Bertz CT molecular complexity index is 728. The van der Waals surface area contributed by atoms with E-state index >= 15 is 0 Å². The largest absolute Gasteiger partial charge is 0.345 e. The fraction of sp³-hybridized carbons (Fsp3) is 0.333. The van der Waals surface area contributed by atoms with E-state index in [-0.39, 0.29) is 35.9 Å². The number of likely N-dealkylation sites (tertiary alicyclic amines) is 1. The van der Waals surface area contributed by atoms with Crippen molar-refractivity contribution >= 4 is 17.8 Å². The van der Waals surface area contributed by atoms with Crippen LogP contribution in [0, 0.1) is 11.7 Å². The predicted octanol–water partition coefficient (Wildman–Crippen LogP) is 0.951. The molecule has 0 spiro atoms. The summed E-state index contributed by atoms with van der Waals surface area (Å²) in [4.78, 5) is 29.3. The number of anilines is 1. The van der Waals surface area contributed by atoms with Crippen LogP contribution in [0.5, 0.6) is 0 Å². The number of carbonyl (C=O) groups excluding carboxylic acids is 2. The van der Waals surface area contributed by atoms with Crippen molar-refractivity contribution in [3.8, 4) is 0 Å². The number of nitrogens with zero attached hydrogens (tertiary/aromatic N) is 3. The fourth-order valence-electron chi connectivity index (χ4n) is 2.48. The zero-order valence-corrected chi connectivity index (χ0v) is 12.5. The summed E-state index contributed by atoms with van der Waals surface area (Å²) < 4.78 is 12.9. The molecule has 120 valence electrons. The molecular formula is C15H16FN5O2. The molecule has 1 aromatic heterocycles. The Balaban J connectivity index is 1.60. The number of hydrogen-bond donors (Lipinski definition) is 2. The van der Waals surface area contributed by atoms with Crippen molar-refractivity contribution in [3.63, 3.8) is 0 Å². The first kappa shape index (κ1) is 15.1. The molecule has 0 bridgehead atoms. The number of halogens is 1. The van der Waals surface area contributed by atoms with Crippen molar-refractivity contribution in [2.45, 2.75) is 12.8 Å². The number of rotatable bonds is 4. The van der Waals surface area contributed by atoms with Crippen molar-refractivity contribution < 1.29 is 14.0 Å². The van der Waals surface area contributed by atoms with Gasteiger partial charge in [0.1, 0.15) is 11.6 Å². The highest BCUT2D eigenvalue weighted by molar-refractivity contribution is 5.96. The Hall–Kier alpha value is -2.77. The first-order valence-corrected chi connectivity index (χ1v) is 7.22. The number of hydrogen-bond acceptors (Lipinski definition) is 4. The number of benzene rings is 1. The molecule has 0 unspecified atom stereocenters. The maximum Gasteiger partial charge on any atom is 0.248 e. The summed E-state index contributed by atoms with van der Waals surface area (Å²) in [5.41, 5.74) is 0.878. The van der Waals surface area contributed by atoms with Gasteiger partial charge >= 0.3 is 0 Å². The van der Waals surface area contributed by atoms with Gasteiger partial charge in [0.05, 0.1) is 5.92 Å². The summed E-state index contributed by atoms with van der Waals surface area (Å²) in [5, 5.41) is 9.28. The maximum atomic E-state index is 12.9. The first-order chi connectivity index (χ1) is 11.0. The molecule has 3 rings (SSSR count). The molecule has 23 heavy (non-hydrogen) atoms. The summed E-state index contributed by atoms with van der Waals surface area (Å²) in [5.74, 6) is -0.255. The van der Waals surface area contributed by atoms with E-state index in [1.807, 2.05) is 0 Å². The molecule has 1 atom stereocenters. The summed E-state index contributed by atoms with van der Waals surface area (Å²) in [6.07, 6.45) is 0.656. The van der Waals surface area contributed by atoms with Crippen molar-refractivity contribution in [2.24, 2.45) is 5.92 Å². The lowest BCUT2D eigenvalue weighted by molar-refractivity contribution is -0.127. The highest BCUT2D eigenvalue weighted by Crippen LogP contribution is 2.17. The molecule has 2 amide bonds. The molecular weight excluding hydrogens is 301 g/mol. The molecule has 2 heterocycles. The summed E-state index contributed by atoms with van der Waals surface area (Å²) in [6, 6.07) is 6.08. The number of nitrogens with one attached hydrogen (secondary N) is 2. The lowest BCUT2D eigenvalue weighted by atomic mass is 10.1. The van der Waals surface area contributed by atoms with Crippen LogP contribution in [-0.4, -0.2) is 45.5 Å². The van der Waals surface area contributed by atoms with Crippen LogP contribution in [0.25, 0.3) is 0 Å². The van der Waals surface area contributed by atoms with Gasteiger partial charge in [-0.2, -0.15) is 4.98 Å². The number of H-pyrrole nitrogens is 1. The number of amides is 2. The zero-order chi connectivity index (χ0) is 16.4. The molecule has 2 aromatic rings. The number of carbonyl (C=O) groups is 2. The van der Waals surface area contributed by atoms with E-state index in [0.29, 0.717) is 18.8 Å². The van der Waals surface area contributed by atoms with Crippen LogP contribution in [0.15, 0.2) is 24.3 Å². The summed E-state index contributed by atoms with van der Waals surface area (Å²) in [7, 11) is 1.67. The summed E-state index contributed by atoms with van der Waals surface area (Å²) in [6.45, 7) is 0.400. The van der Waals surface area contributed by atoms with Gasteiger partial charge in [-0.25, -0.2) is 4.39 Å². The molecule has 0 aliphatic carbocycles. The minimum absolute atomic E-state index is 0.0443. The van der Waals surface area contributed by atoms with Crippen LogP contribution in [0.4, 0.5) is 10.3 Å². The van der Waals surface area contributed by atoms with Gasteiger partial charge in [-0.15, -0.1) is 5.10 Å². The Morgan fingerprint density at radius 2 is 2.17 bits per heavy atom. The molecule has 1 aromatic carbocycles. The third-order valence-electron chi connectivity index (χ3n) is 3.76. The van der Waals surface area contributed by atoms with Crippen molar-refractivity contribution in [1.29, 1.82) is 0 Å². The average molecular weight is 317 g/mol. The van der Waals surface area contributed by atoms with Crippen molar-refractivity contribution in [2.75, 3.05) is 18.9 Å². The number of aromatic amines is 1. The van der Waals surface area contributed by atoms with Crippen LogP contribution in [-0.2, 0) is 16.0 Å². The second kappa shape index (κ2) is 6.15. The first-order valence-electron chi connectivity index (χ1n) is 7.22. The molecule has 7 nitrogen and oxygen atoms in total. The Labute approximate surface area is 131 Å². The molecule has 0 saturated carbocycles. The lowest BCUT2D eigenvalue weighted by Gasteiger charge is -2.08. The van der Waals surface area contributed by atoms with E-state index in [9.17, 15) is 14.0 Å². The maximum absolute atomic E-state index is 12.9. The van der Waals surface area contributed by atoms with Crippen LogP contribution in [0.3, 0.4) is 0 Å². The van der Waals surface area contributed by atoms with Gasteiger partial charge in [-0.3, -0.25) is 20.0 Å². The molecule has 1 aliphatic rings. The Kier molecular flexibility index (Phi) is 4.05. The molecule has 1 saturated heterocycles. The van der Waals surface area contributed by atoms with E-state index in [1.165, 1.54) is 17.0 Å². The number of aromatic nitrogens is 3. The summed E-state index contributed by atoms with van der Waals surface area (Å²) >= 11 is 0. The van der Waals surface area contributed by atoms with Crippen LogP contribution >= 0.6 is 0 Å². The Morgan fingerprint density at radius 1 is 1.43 bits per heavy atom. The van der Waals surface area contributed by atoms with E-state index in [0.717, 1.165) is 5.56 Å². The van der Waals surface area contributed by atoms with Crippen molar-refractivity contribution in [3.05, 3.63) is 41.5 Å². The zero-order valence-electron chi connectivity index (χ0n) is 12.5.